The summed E-state index contributed by atoms with van der Waals surface area (Å²) in [5.41, 5.74) is 0. The van der Waals surface area contributed by atoms with E-state index in [1.54, 1.807) is 21.3 Å². The number of tetrazole rings is 1. The molecular weight excluding hydrogens is 174 g/mol. The summed E-state index contributed by atoms with van der Waals surface area (Å²) in [6.45, 7) is 0.501. The fraction of sp³-hybridized carbons (Fsp3) is 0.833. The van der Waals surface area contributed by atoms with Crippen LogP contribution in [0.25, 0.3) is 0 Å². The van der Waals surface area contributed by atoms with E-state index in [2.05, 4.69) is 20.8 Å². The van der Waals surface area contributed by atoms with Gasteiger partial charge in [0, 0.05) is 21.3 Å². The first-order chi connectivity index (χ1) is 6.27. The number of anilines is 1. The third-order valence-electron chi connectivity index (χ3n) is 1.57. The highest BCUT2D eigenvalue weighted by Crippen LogP contribution is 1.97. The van der Waals surface area contributed by atoms with Crippen LogP contribution >= 0.6 is 0 Å². The van der Waals surface area contributed by atoms with Gasteiger partial charge in [-0.15, -0.1) is 0 Å². The molecule has 0 aliphatic rings. The Bertz CT molecular complexity index is 247. The van der Waals surface area contributed by atoms with E-state index in [0.717, 1.165) is 0 Å². The van der Waals surface area contributed by atoms with Gasteiger partial charge in [-0.1, -0.05) is 5.10 Å². The number of rotatable bonds is 5. The summed E-state index contributed by atoms with van der Waals surface area (Å²) >= 11 is 0. The Labute approximate surface area is 76.0 Å². The number of hydrogen-bond donors (Lipinski definition) is 1. The first kappa shape index (κ1) is 9.87. The smallest absolute Gasteiger partial charge is 0.242 e. The zero-order valence-corrected chi connectivity index (χ0v) is 7.89. The standard InChI is InChI=1S/C6H13N5O2/c1-11-6(8-9-10-11)7-4-5(12-2)13-3/h5H,4H2,1-3H3,(H,7,8,10). The van der Waals surface area contributed by atoms with Crippen molar-refractivity contribution in [3.63, 3.8) is 0 Å². The molecule has 0 unspecified atom stereocenters. The third kappa shape index (κ3) is 2.63. The maximum atomic E-state index is 4.98. The van der Waals surface area contributed by atoms with E-state index in [1.165, 1.54) is 4.68 Å². The Kier molecular flexibility index (Phi) is 3.59. The van der Waals surface area contributed by atoms with Crippen molar-refractivity contribution < 1.29 is 9.47 Å². The molecule has 0 aliphatic carbocycles. The molecule has 74 valence electrons. The molecule has 0 spiro atoms. The van der Waals surface area contributed by atoms with E-state index in [1.807, 2.05) is 0 Å². The molecule has 13 heavy (non-hydrogen) atoms. The van der Waals surface area contributed by atoms with Crippen molar-refractivity contribution in [2.45, 2.75) is 6.29 Å². The lowest BCUT2D eigenvalue weighted by atomic mass is 10.6. The summed E-state index contributed by atoms with van der Waals surface area (Å²) in [4.78, 5) is 0. The highest BCUT2D eigenvalue weighted by atomic mass is 16.7. The highest BCUT2D eigenvalue weighted by molar-refractivity contribution is 5.20. The summed E-state index contributed by atoms with van der Waals surface area (Å²) in [7, 11) is 4.90. The van der Waals surface area contributed by atoms with Crippen molar-refractivity contribution in [1.29, 1.82) is 0 Å². The summed E-state index contributed by atoms with van der Waals surface area (Å²) in [6, 6.07) is 0. The fourth-order valence-electron chi connectivity index (χ4n) is 0.817. The normalized spacial score (nSPS) is 10.8. The van der Waals surface area contributed by atoms with Crippen LogP contribution in [0.15, 0.2) is 0 Å². The van der Waals surface area contributed by atoms with Gasteiger partial charge >= 0.3 is 0 Å². The first-order valence-electron chi connectivity index (χ1n) is 3.79. The molecule has 7 nitrogen and oxygen atoms in total. The van der Waals surface area contributed by atoms with Gasteiger partial charge in [-0.05, 0) is 10.4 Å². The van der Waals surface area contributed by atoms with Crippen molar-refractivity contribution in [1.82, 2.24) is 20.2 Å². The van der Waals surface area contributed by atoms with Crippen LogP contribution in [0.4, 0.5) is 5.95 Å². The van der Waals surface area contributed by atoms with Gasteiger partial charge in [0.05, 0.1) is 6.54 Å². The van der Waals surface area contributed by atoms with E-state index in [9.17, 15) is 0 Å². The van der Waals surface area contributed by atoms with Crippen LogP contribution in [0.1, 0.15) is 0 Å². The largest absolute Gasteiger partial charge is 0.354 e. The summed E-state index contributed by atoms with van der Waals surface area (Å²) in [6.07, 6.45) is -0.295. The number of hydrogen-bond acceptors (Lipinski definition) is 6. The topological polar surface area (TPSA) is 74.1 Å². The van der Waals surface area contributed by atoms with Gasteiger partial charge in [-0.3, -0.25) is 0 Å². The van der Waals surface area contributed by atoms with Crippen LogP contribution in [-0.4, -0.2) is 47.3 Å². The number of ether oxygens (including phenoxy) is 2. The van der Waals surface area contributed by atoms with Gasteiger partial charge in [0.2, 0.25) is 5.95 Å². The maximum absolute atomic E-state index is 4.98. The van der Waals surface area contributed by atoms with E-state index in [4.69, 9.17) is 9.47 Å². The van der Waals surface area contributed by atoms with Crippen molar-refractivity contribution >= 4 is 5.95 Å². The molecule has 0 atom stereocenters. The number of aromatic nitrogens is 4. The Hall–Kier alpha value is -1.21. The van der Waals surface area contributed by atoms with Crippen molar-refractivity contribution in [3.8, 4) is 0 Å². The highest BCUT2D eigenvalue weighted by Gasteiger charge is 2.06. The molecule has 1 aromatic rings. The van der Waals surface area contributed by atoms with Gasteiger partial charge in [0.1, 0.15) is 0 Å². The second-order valence-electron chi connectivity index (χ2n) is 2.41. The predicted octanol–water partition coefficient (Wildman–Crippen LogP) is -0.759. The minimum Gasteiger partial charge on any atom is -0.354 e. The molecule has 0 saturated heterocycles. The van der Waals surface area contributed by atoms with Crippen LogP contribution in [0.3, 0.4) is 0 Å². The molecule has 7 heteroatoms. The molecule has 1 heterocycles. The Balaban J connectivity index is 2.38. The second-order valence-corrected chi connectivity index (χ2v) is 2.41. The summed E-state index contributed by atoms with van der Waals surface area (Å²) < 4.78 is 11.5. The van der Waals surface area contributed by atoms with Crippen molar-refractivity contribution in [3.05, 3.63) is 0 Å². The Morgan fingerprint density at radius 1 is 1.46 bits per heavy atom. The predicted molar refractivity (Wildman–Crippen MR) is 45.1 cm³/mol. The second kappa shape index (κ2) is 4.73. The molecule has 0 amide bonds. The van der Waals surface area contributed by atoms with Gasteiger partial charge in [-0.25, -0.2) is 4.68 Å². The molecular formula is C6H13N5O2. The zero-order chi connectivity index (χ0) is 9.68. The van der Waals surface area contributed by atoms with E-state index in [-0.39, 0.29) is 6.29 Å². The molecule has 1 aromatic heterocycles. The minimum absolute atomic E-state index is 0.295. The van der Waals surface area contributed by atoms with Crippen LogP contribution in [-0.2, 0) is 16.5 Å². The Morgan fingerprint density at radius 3 is 2.62 bits per heavy atom. The van der Waals surface area contributed by atoms with Crippen molar-refractivity contribution in [2.75, 3.05) is 26.1 Å². The van der Waals surface area contributed by atoms with E-state index in [0.29, 0.717) is 12.5 Å². The third-order valence-corrected chi connectivity index (χ3v) is 1.57. The molecule has 1 N–H and O–H groups in total. The SMILES string of the molecule is COC(CNc1nnnn1C)OC. The van der Waals surface area contributed by atoms with Gasteiger partial charge < -0.3 is 14.8 Å². The molecule has 0 aliphatic heterocycles. The molecule has 0 aromatic carbocycles. The van der Waals surface area contributed by atoms with Gasteiger partial charge in [0.25, 0.3) is 0 Å². The average Bonchev–Trinajstić information content (AvgIpc) is 2.54. The Morgan fingerprint density at radius 2 is 2.15 bits per heavy atom. The van der Waals surface area contributed by atoms with Crippen LogP contribution < -0.4 is 5.32 Å². The lowest BCUT2D eigenvalue weighted by Crippen LogP contribution is -2.24. The first-order valence-corrected chi connectivity index (χ1v) is 3.79. The van der Waals surface area contributed by atoms with Gasteiger partial charge in [-0.2, -0.15) is 0 Å². The van der Waals surface area contributed by atoms with Crippen molar-refractivity contribution in [2.24, 2.45) is 7.05 Å². The maximum Gasteiger partial charge on any atom is 0.242 e. The minimum atomic E-state index is -0.295. The zero-order valence-electron chi connectivity index (χ0n) is 7.89. The number of aryl methyl sites for hydroxylation is 1. The van der Waals surface area contributed by atoms with Gasteiger partial charge in [0.15, 0.2) is 6.29 Å². The van der Waals surface area contributed by atoms with Crippen LogP contribution in [0.2, 0.25) is 0 Å². The summed E-state index contributed by atoms with van der Waals surface area (Å²) in [5, 5.41) is 13.8. The summed E-state index contributed by atoms with van der Waals surface area (Å²) in [5.74, 6) is 0.583. The van der Waals surface area contributed by atoms with E-state index >= 15 is 0 Å². The lowest BCUT2D eigenvalue weighted by molar-refractivity contribution is -0.0915. The lowest BCUT2D eigenvalue weighted by Gasteiger charge is -2.13. The van der Waals surface area contributed by atoms with Crippen LogP contribution in [0.5, 0.6) is 0 Å². The number of nitrogens with zero attached hydrogens (tertiary/aromatic N) is 4. The van der Waals surface area contributed by atoms with E-state index < -0.39 is 0 Å². The molecule has 1 rings (SSSR count). The fourth-order valence-corrected chi connectivity index (χ4v) is 0.817. The number of methoxy groups -OCH3 is 2. The molecule has 0 radical (unpaired) electrons. The number of nitrogens with one attached hydrogen (secondary N) is 1. The molecule has 0 fully saturated rings. The van der Waals surface area contributed by atoms with Crippen LogP contribution in [0, 0.1) is 0 Å². The molecule has 0 saturated carbocycles. The quantitative estimate of drug-likeness (QED) is 0.611. The average molecular weight is 187 g/mol. The monoisotopic (exact) mass is 187 g/mol. The molecule has 0 bridgehead atoms.